The summed E-state index contributed by atoms with van der Waals surface area (Å²) in [6, 6.07) is 16.8. The highest BCUT2D eigenvalue weighted by Gasteiger charge is 2.18. The van der Waals surface area contributed by atoms with Crippen LogP contribution in [0.2, 0.25) is 5.02 Å². The number of nitrogens with one attached hydrogen (secondary N) is 1. The van der Waals surface area contributed by atoms with Gasteiger partial charge >= 0.3 is 11.9 Å². The Morgan fingerprint density at radius 3 is 2.41 bits per heavy atom. The number of carboxylic acid groups (broad SMARTS) is 2. The van der Waals surface area contributed by atoms with E-state index in [0.717, 1.165) is 53.8 Å². The quantitative estimate of drug-likeness (QED) is 0.401. The second kappa shape index (κ2) is 12.6. The molecular formula is C25H28ClN3O4S. The van der Waals surface area contributed by atoms with Crippen LogP contribution >= 0.6 is 23.4 Å². The molecule has 0 amide bonds. The summed E-state index contributed by atoms with van der Waals surface area (Å²) in [6.45, 7) is 4.11. The average molecular weight is 502 g/mol. The number of aryl methyl sites for hydroxylation is 1. The lowest BCUT2D eigenvalue weighted by atomic mass is 10.0. The van der Waals surface area contributed by atoms with Crippen molar-refractivity contribution in [2.75, 3.05) is 13.1 Å². The summed E-state index contributed by atoms with van der Waals surface area (Å²) >= 11 is 8.42. The summed E-state index contributed by atoms with van der Waals surface area (Å²) in [6.07, 6.45) is 1.43. The Labute approximate surface area is 208 Å². The van der Waals surface area contributed by atoms with Crippen LogP contribution in [0.5, 0.6) is 0 Å². The lowest BCUT2D eigenvalue weighted by molar-refractivity contribution is -0.143. The Morgan fingerprint density at radius 2 is 1.74 bits per heavy atom. The zero-order valence-electron chi connectivity index (χ0n) is 19.0. The fourth-order valence-corrected chi connectivity index (χ4v) is 4.74. The van der Waals surface area contributed by atoms with E-state index >= 15 is 0 Å². The molecule has 7 nitrogen and oxygen atoms in total. The summed E-state index contributed by atoms with van der Waals surface area (Å²) in [4.78, 5) is 20.5. The Morgan fingerprint density at radius 1 is 1.06 bits per heavy atom. The average Bonchev–Trinajstić information content (AvgIpc) is 3.01. The van der Waals surface area contributed by atoms with Gasteiger partial charge in [0.25, 0.3) is 0 Å². The van der Waals surface area contributed by atoms with Gasteiger partial charge in [-0.25, -0.2) is 4.68 Å². The summed E-state index contributed by atoms with van der Waals surface area (Å²) < 4.78 is 2.04. The molecule has 2 heterocycles. The topological polar surface area (TPSA) is 104 Å². The van der Waals surface area contributed by atoms with Crippen molar-refractivity contribution in [3.63, 3.8) is 0 Å². The minimum atomic E-state index is -1.08. The highest BCUT2D eigenvalue weighted by Crippen LogP contribution is 2.31. The van der Waals surface area contributed by atoms with Gasteiger partial charge in [0, 0.05) is 16.3 Å². The van der Waals surface area contributed by atoms with Crippen LogP contribution in [0, 0.1) is 6.92 Å². The largest absolute Gasteiger partial charge is 0.481 e. The predicted octanol–water partition coefficient (Wildman–Crippen LogP) is 4.75. The molecule has 9 heteroatoms. The standard InChI is InChI=1S/C21H22ClN3S.C4H6O4/c1-15-13-17(14-26-18-5-3-2-4-6-18)24-25(15)21-19-10-12-23-11-9-16(19)7-8-20(21)22;5-3(6)1-2-4(7)8/h2-8,13,23H,9-12,14H2,1H3;1-2H2,(H,5,6)(H,7,8). The number of thioether (sulfide) groups is 1. The van der Waals surface area contributed by atoms with E-state index < -0.39 is 11.9 Å². The first-order chi connectivity index (χ1) is 16.3. The van der Waals surface area contributed by atoms with Gasteiger partial charge in [0.05, 0.1) is 29.2 Å². The van der Waals surface area contributed by atoms with E-state index in [4.69, 9.17) is 26.9 Å². The predicted molar refractivity (Wildman–Crippen MR) is 134 cm³/mol. The molecule has 3 N–H and O–H groups in total. The van der Waals surface area contributed by atoms with Gasteiger partial charge in [-0.1, -0.05) is 35.9 Å². The third-order valence-corrected chi connectivity index (χ3v) is 6.64. The van der Waals surface area contributed by atoms with E-state index in [1.54, 1.807) is 0 Å². The van der Waals surface area contributed by atoms with Crippen molar-refractivity contribution in [2.45, 2.75) is 43.3 Å². The molecule has 1 aliphatic heterocycles. The molecule has 0 bridgehead atoms. The highest BCUT2D eigenvalue weighted by atomic mass is 35.5. The molecule has 0 unspecified atom stereocenters. The van der Waals surface area contributed by atoms with Crippen LogP contribution in [0.15, 0.2) is 53.4 Å². The number of aromatic nitrogens is 2. The fourth-order valence-electron chi connectivity index (χ4n) is 3.68. The number of nitrogens with zero attached hydrogens (tertiary/aromatic N) is 2. The minimum Gasteiger partial charge on any atom is -0.481 e. The van der Waals surface area contributed by atoms with Crippen LogP contribution in [-0.4, -0.2) is 45.0 Å². The number of carbonyl (C=O) groups is 2. The van der Waals surface area contributed by atoms with E-state index in [-0.39, 0.29) is 12.8 Å². The SMILES string of the molecule is Cc1cc(CSc2ccccc2)nn1-c1c(Cl)ccc2c1CCNCC2.O=C(O)CCC(=O)O. The van der Waals surface area contributed by atoms with E-state index in [2.05, 4.69) is 48.6 Å². The van der Waals surface area contributed by atoms with Crippen LogP contribution in [0.25, 0.3) is 5.69 Å². The smallest absolute Gasteiger partial charge is 0.303 e. The summed E-state index contributed by atoms with van der Waals surface area (Å²) in [5, 5.41) is 24.9. The lowest BCUT2D eigenvalue weighted by Crippen LogP contribution is -2.16. The van der Waals surface area contributed by atoms with Crippen molar-refractivity contribution in [3.8, 4) is 5.69 Å². The minimum absolute atomic E-state index is 0.296. The fraction of sp³-hybridized carbons (Fsp3) is 0.320. The van der Waals surface area contributed by atoms with Crippen molar-refractivity contribution in [2.24, 2.45) is 0 Å². The van der Waals surface area contributed by atoms with Crippen LogP contribution in [0.4, 0.5) is 0 Å². The molecular weight excluding hydrogens is 474 g/mol. The first kappa shape index (κ1) is 25.8. The van der Waals surface area contributed by atoms with Crippen molar-refractivity contribution < 1.29 is 19.8 Å². The molecule has 4 rings (SSSR count). The van der Waals surface area contributed by atoms with Crippen LogP contribution in [0.3, 0.4) is 0 Å². The maximum absolute atomic E-state index is 9.64. The Balaban J connectivity index is 0.000000350. The Bertz CT molecular complexity index is 1120. The molecule has 0 radical (unpaired) electrons. The highest BCUT2D eigenvalue weighted by molar-refractivity contribution is 7.98. The van der Waals surface area contributed by atoms with Gasteiger partial charge in [-0.15, -0.1) is 11.8 Å². The number of carboxylic acids is 2. The van der Waals surface area contributed by atoms with Gasteiger partial charge in [0.15, 0.2) is 0 Å². The van der Waals surface area contributed by atoms with E-state index in [1.165, 1.54) is 16.0 Å². The maximum atomic E-state index is 9.64. The number of aliphatic carboxylic acids is 2. The molecule has 0 spiro atoms. The molecule has 0 saturated heterocycles. The van der Waals surface area contributed by atoms with E-state index in [0.29, 0.717) is 0 Å². The molecule has 0 atom stereocenters. The number of halogens is 1. The monoisotopic (exact) mass is 501 g/mol. The molecule has 1 aromatic heterocycles. The van der Waals surface area contributed by atoms with Crippen molar-refractivity contribution in [1.82, 2.24) is 15.1 Å². The summed E-state index contributed by atoms with van der Waals surface area (Å²) in [5.41, 5.74) is 5.97. The zero-order chi connectivity index (χ0) is 24.5. The van der Waals surface area contributed by atoms with Crippen LogP contribution < -0.4 is 5.32 Å². The van der Waals surface area contributed by atoms with Gasteiger partial charge < -0.3 is 15.5 Å². The summed E-state index contributed by atoms with van der Waals surface area (Å²) in [5.74, 6) is -1.30. The molecule has 3 aromatic rings. The zero-order valence-corrected chi connectivity index (χ0v) is 20.5. The second-order valence-electron chi connectivity index (χ2n) is 7.86. The maximum Gasteiger partial charge on any atom is 0.303 e. The molecule has 34 heavy (non-hydrogen) atoms. The third kappa shape index (κ3) is 7.35. The summed E-state index contributed by atoms with van der Waals surface area (Å²) in [7, 11) is 0. The molecule has 2 aromatic carbocycles. The number of rotatable bonds is 7. The molecule has 180 valence electrons. The van der Waals surface area contributed by atoms with Crippen LogP contribution in [0.1, 0.15) is 35.4 Å². The van der Waals surface area contributed by atoms with Crippen molar-refractivity contribution in [1.29, 1.82) is 0 Å². The Kier molecular flexibility index (Phi) is 9.56. The van der Waals surface area contributed by atoms with Crippen molar-refractivity contribution >= 4 is 35.3 Å². The number of benzene rings is 2. The molecule has 0 aliphatic carbocycles. The number of hydrogen-bond donors (Lipinski definition) is 3. The van der Waals surface area contributed by atoms with E-state index in [9.17, 15) is 9.59 Å². The first-order valence-electron chi connectivity index (χ1n) is 11.0. The molecule has 1 aliphatic rings. The van der Waals surface area contributed by atoms with Crippen LogP contribution in [-0.2, 0) is 28.2 Å². The van der Waals surface area contributed by atoms with Gasteiger partial charge in [0.1, 0.15) is 0 Å². The van der Waals surface area contributed by atoms with Gasteiger partial charge in [0.2, 0.25) is 0 Å². The van der Waals surface area contributed by atoms with Gasteiger partial charge in [-0.05, 0) is 68.2 Å². The van der Waals surface area contributed by atoms with Gasteiger partial charge in [-0.3, -0.25) is 9.59 Å². The normalized spacial score (nSPS) is 12.8. The second-order valence-corrected chi connectivity index (χ2v) is 9.32. The first-order valence-corrected chi connectivity index (χ1v) is 12.4. The van der Waals surface area contributed by atoms with Gasteiger partial charge in [-0.2, -0.15) is 5.10 Å². The third-order valence-electron chi connectivity index (χ3n) is 5.29. The Hall–Kier alpha value is -2.81. The number of hydrogen-bond acceptors (Lipinski definition) is 5. The lowest BCUT2D eigenvalue weighted by Gasteiger charge is -2.15. The molecule has 0 saturated carbocycles. The van der Waals surface area contributed by atoms with Crippen molar-refractivity contribution in [3.05, 3.63) is 76.1 Å². The number of fused-ring (bicyclic) bond motifs is 1. The van der Waals surface area contributed by atoms with E-state index in [1.807, 2.05) is 28.6 Å². The molecule has 0 fully saturated rings.